The Balaban J connectivity index is 2.06. The Morgan fingerprint density at radius 2 is 2.04 bits per heavy atom. The summed E-state index contributed by atoms with van der Waals surface area (Å²) in [6, 6.07) is 2.21. The number of pyridine rings is 1. The monoisotopic (exact) mass is 365 g/mol. The molecule has 1 fully saturated rings. The molecule has 25 heavy (non-hydrogen) atoms. The standard InChI is InChI=1S/C18H21ClFN3O2/c1-9-6-23-11(7-21(9)3)8-25-17-16(23)12-5-13(19)10(2)14(20)15(12)22(4)18(17)24/h5,9,11H,6-8H2,1-4H3. The molecule has 1 aromatic heterocycles. The van der Waals surface area contributed by atoms with E-state index < -0.39 is 5.82 Å². The zero-order valence-corrected chi connectivity index (χ0v) is 15.5. The second-order valence-electron chi connectivity index (χ2n) is 7.14. The van der Waals surface area contributed by atoms with E-state index in [0.717, 1.165) is 13.1 Å². The highest BCUT2D eigenvalue weighted by atomic mass is 35.5. The molecule has 0 bridgehead atoms. The van der Waals surface area contributed by atoms with Gasteiger partial charge in [-0.05, 0) is 27.0 Å². The number of aromatic nitrogens is 1. The Bertz CT molecular complexity index is 943. The van der Waals surface area contributed by atoms with Crippen LogP contribution in [-0.4, -0.2) is 48.3 Å². The summed E-state index contributed by atoms with van der Waals surface area (Å²) < 4.78 is 22.1. The van der Waals surface area contributed by atoms with Crippen molar-refractivity contribution < 1.29 is 9.13 Å². The predicted octanol–water partition coefficient (Wildman–Crippen LogP) is 2.54. The molecule has 0 amide bonds. The third-order valence-corrected chi connectivity index (χ3v) is 5.98. The van der Waals surface area contributed by atoms with Crippen LogP contribution in [0, 0.1) is 12.7 Å². The van der Waals surface area contributed by atoms with E-state index in [1.54, 1.807) is 20.0 Å². The summed E-state index contributed by atoms with van der Waals surface area (Å²) in [6.45, 7) is 5.81. The lowest BCUT2D eigenvalue weighted by molar-refractivity contribution is 0.151. The molecule has 0 saturated carbocycles. The minimum absolute atomic E-state index is 0.132. The fraction of sp³-hybridized carbons (Fsp3) is 0.500. The number of likely N-dealkylation sites (N-methyl/N-ethyl adjacent to an activating group) is 1. The molecule has 5 nitrogen and oxygen atoms in total. The van der Waals surface area contributed by atoms with Gasteiger partial charge in [-0.1, -0.05) is 11.6 Å². The lowest BCUT2D eigenvalue weighted by Crippen LogP contribution is -2.60. The smallest absolute Gasteiger partial charge is 0.295 e. The Morgan fingerprint density at radius 1 is 1.32 bits per heavy atom. The number of anilines is 1. The first-order valence-corrected chi connectivity index (χ1v) is 8.80. The number of rotatable bonds is 0. The van der Waals surface area contributed by atoms with Crippen LogP contribution in [-0.2, 0) is 7.05 Å². The quantitative estimate of drug-likeness (QED) is 0.719. The normalized spacial score (nSPS) is 23.4. The molecular weight excluding hydrogens is 345 g/mol. The summed E-state index contributed by atoms with van der Waals surface area (Å²) in [5, 5.41) is 0.988. The van der Waals surface area contributed by atoms with Crippen LogP contribution in [0.5, 0.6) is 5.75 Å². The maximum absolute atomic E-state index is 14.9. The van der Waals surface area contributed by atoms with E-state index in [9.17, 15) is 9.18 Å². The molecule has 0 N–H and O–H groups in total. The van der Waals surface area contributed by atoms with Crippen molar-refractivity contribution in [3.8, 4) is 5.75 Å². The van der Waals surface area contributed by atoms with Gasteiger partial charge in [0.15, 0.2) is 5.82 Å². The molecule has 0 spiro atoms. The summed E-state index contributed by atoms with van der Waals surface area (Å²) in [6.07, 6.45) is 0. The van der Waals surface area contributed by atoms with Crippen LogP contribution in [0.1, 0.15) is 12.5 Å². The summed E-state index contributed by atoms with van der Waals surface area (Å²) in [4.78, 5) is 17.3. The molecule has 134 valence electrons. The summed E-state index contributed by atoms with van der Waals surface area (Å²) >= 11 is 6.26. The Morgan fingerprint density at radius 3 is 2.76 bits per heavy atom. The number of ether oxygens (including phenoxy) is 1. The lowest BCUT2D eigenvalue weighted by Gasteiger charge is -2.47. The van der Waals surface area contributed by atoms with Gasteiger partial charge in [0.25, 0.3) is 5.56 Å². The van der Waals surface area contributed by atoms with Crippen molar-refractivity contribution >= 4 is 28.2 Å². The van der Waals surface area contributed by atoms with Crippen LogP contribution in [0.15, 0.2) is 10.9 Å². The van der Waals surface area contributed by atoms with Crippen LogP contribution in [0.2, 0.25) is 5.02 Å². The van der Waals surface area contributed by atoms with E-state index in [1.807, 2.05) is 0 Å². The number of nitrogens with zero attached hydrogens (tertiary/aromatic N) is 3. The highest BCUT2D eigenvalue weighted by Crippen LogP contribution is 2.41. The molecule has 7 heteroatoms. The molecule has 3 heterocycles. The third-order valence-electron chi connectivity index (χ3n) is 5.59. The van der Waals surface area contributed by atoms with Crippen molar-refractivity contribution in [2.24, 2.45) is 7.05 Å². The van der Waals surface area contributed by atoms with Gasteiger partial charge >= 0.3 is 0 Å². The molecule has 1 aromatic carbocycles. The van der Waals surface area contributed by atoms with E-state index in [0.29, 0.717) is 40.1 Å². The van der Waals surface area contributed by atoms with Crippen molar-refractivity contribution in [2.75, 3.05) is 31.6 Å². The summed E-state index contributed by atoms with van der Waals surface area (Å²) in [5.74, 6) is -0.156. The minimum atomic E-state index is -0.450. The van der Waals surface area contributed by atoms with E-state index in [1.165, 1.54) is 4.57 Å². The Hall–Kier alpha value is -1.79. The first-order chi connectivity index (χ1) is 11.8. The molecule has 2 aliphatic rings. The van der Waals surface area contributed by atoms with Crippen LogP contribution in [0.25, 0.3) is 10.9 Å². The average molecular weight is 366 g/mol. The molecule has 0 radical (unpaired) electrons. The Labute approximate surface area is 150 Å². The molecular formula is C18H21ClFN3O2. The molecule has 2 atom stereocenters. The number of piperazine rings is 1. The van der Waals surface area contributed by atoms with Crippen molar-refractivity contribution in [3.05, 3.63) is 32.8 Å². The number of aryl methyl sites for hydroxylation is 1. The lowest BCUT2D eigenvalue weighted by atomic mass is 10.0. The van der Waals surface area contributed by atoms with Gasteiger partial charge in [0.1, 0.15) is 6.61 Å². The van der Waals surface area contributed by atoms with Gasteiger partial charge in [-0.15, -0.1) is 0 Å². The Kier molecular flexibility index (Phi) is 3.74. The van der Waals surface area contributed by atoms with Crippen LogP contribution in [0.3, 0.4) is 0 Å². The zero-order chi connectivity index (χ0) is 18.0. The number of halogens is 2. The van der Waals surface area contributed by atoms with Gasteiger partial charge < -0.3 is 14.2 Å². The maximum atomic E-state index is 14.9. The second-order valence-corrected chi connectivity index (χ2v) is 7.55. The fourth-order valence-electron chi connectivity index (χ4n) is 3.89. The van der Waals surface area contributed by atoms with E-state index in [4.69, 9.17) is 16.3 Å². The third kappa shape index (κ3) is 2.27. The molecule has 2 aliphatic heterocycles. The van der Waals surface area contributed by atoms with Crippen molar-refractivity contribution in [1.82, 2.24) is 9.47 Å². The highest BCUT2D eigenvalue weighted by Gasteiger charge is 2.38. The van der Waals surface area contributed by atoms with Gasteiger partial charge in [0.05, 0.1) is 17.2 Å². The minimum Gasteiger partial charge on any atom is -0.484 e. The van der Waals surface area contributed by atoms with Crippen LogP contribution in [0.4, 0.5) is 10.1 Å². The predicted molar refractivity (Wildman–Crippen MR) is 97.6 cm³/mol. The molecule has 2 unspecified atom stereocenters. The topological polar surface area (TPSA) is 37.7 Å². The molecule has 4 rings (SSSR count). The number of fused-ring (bicyclic) bond motifs is 5. The van der Waals surface area contributed by atoms with Gasteiger partial charge in [0.2, 0.25) is 5.75 Å². The molecule has 0 aliphatic carbocycles. The number of benzene rings is 1. The SMILES string of the molecule is Cc1c(Cl)cc2c3c(c(=O)n(C)c2c1F)OCC1CN(C)C(C)CN31. The number of hydrogen-bond donors (Lipinski definition) is 0. The largest absolute Gasteiger partial charge is 0.484 e. The van der Waals surface area contributed by atoms with Gasteiger partial charge in [0, 0.05) is 42.2 Å². The van der Waals surface area contributed by atoms with E-state index >= 15 is 0 Å². The van der Waals surface area contributed by atoms with E-state index in [2.05, 4.69) is 23.8 Å². The van der Waals surface area contributed by atoms with Gasteiger partial charge in [-0.2, -0.15) is 0 Å². The average Bonchev–Trinajstić information content (AvgIpc) is 2.57. The molecule has 2 aromatic rings. The summed E-state index contributed by atoms with van der Waals surface area (Å²) in [7, 11) is 3.66. The van der Waals surface area contributed by atoms with Crippen LogP contribution >= 0.6 is 11.6 Å². The second kappa shape index (κ2) is 5.61. The maximum Gasteiger partial charge on any atom is 0.295 e. The first-order valence-electron chi connectivity index (χ1n) is 8.42. The van der Waals surface area contributed by atoms with Gasteiger partial charge in [-0.25, -0.2) is 4.39 Å². The zero-order valence-electron chi connectivity index (χ0n) is 14.8. The number of hydrogen-bond acceptors (Lipinski definition) is 4. The van der Waals surface area contributed by atoms with Crippen molar-refractivity contribution in [1.29, 1.82) is 0 Å². The summed E-state index contributed by atoms with van der Waals surface area (Å²) in [5.41, 5.74) is 0.994. The fourth-order valence-corrected chi connectivity index (χ4v) is 4.08. The highest BCUT2D eigenvalue weighted by molar-refractivity contribution is 6.32. The van der Waals surface area contributed by atoms with Crippen LogP contribution < -0.4 is 15.2 Å². The molecule has 1 saturated heterocycles. The van der Waals surface area contributed by atoms with Gasteiger partial charge in [-0.3, -0.25) is 9.69 Å². The van der Waals surface area contributed by atoms with Crippen molar-refractivity contribution in [3.63, 3.8) is 0 Å². The van der Waals surface area contributed by atoms with E-state index in [-0.39, 0.29) is 17.1 Å². The first kappa shape index (κ1) is 16.7. The van der Waals surface area contributed by atoms with Crippen molar-refractivity contribution in [2.45, 2.75) is 25.9 Å².